The highest BCUT2D eigenvalue weighted by Crippen LogP contribution is 2.23. The first-order valence-electron chi connectivity index (χ1n) is 3.92. The molecule has 1 N–H and O–H groups in total. The summed E-state index contributed by atoms with van der Waals surface area (Å²) in [5.41, 5.74) is 0.477. The number of para-hydroxylation sites is 2. The molecule has 0 atom stereocenters. The second-order valence-corrected chi connectivity index (χ2v) is 3.18. The first kappa shape index (κ1) is 10.5. The van der Waals surface area contributed by atoms with E-state index in [1.165, 1.54) is 6.07 Å². The van der Waals surface area contributed by atoms with Crippen LogP contribution in [0.5, 0.6) is 0 Å². The van der Waals surface area contributed by atoms with Gasteiger partial charge >= 0.3 is 0 Å². The molecule has 0 saturated heterocycles. The molecular weight excluding hydrogens is 204 g/mol. The van der Waals surface area contributed by atoms with E-state index in [-0.39, 0.29) is 5.69 Å². The van der Waals surface area contributed by atoms with Crippen LogP contribution in [-0.4, -0.2) is 11.5 Å². The first-order chi connectivity index (χ1) is 6.61. The van der Waals surface area contributed by atoms with Gasteiger partial charge < -0.3 is 5.32 Å². The molecule has 0 aromatic heterocycles. The molecule has 5 heteroatoms. The summed E-state index contributed by atoms with van der Waals surface area (Å²) >= 11 is 5.53. The highest BCUT2D eigenvalue weighted by molar-refractivity contribution is 6.29. The Kier molecular flexibility index (Phi) is 3.48. The van der Waals surface area contributed by atoms with E-state index in [1.54, 1.807) is 18.2 Å². The van der Waals surface area contributed by atoms with Crippen LogP contribution >= 0.6 is 11.6 Å². The van der Waals surface area contributed by atoms with Gasteiger partial charge in [0.15, 0.2) is 0 Å². The molecule has 1 rings (SSSR count). The summed E-state index contributed by atoms with van der Waals surface area (Å²) in [6.07, 6.45) is 0. The Morgan fingerprint density at radius 3 is 2.79 bits per heavy atom. The smallest absolute Gasteiger partial charge is 0.292 e. The monoisotopic (exact) mass is 212 g/mol. The molecule has 0 radical (unpaired) electrons. The fraction of sp³-hybridized carbons (Fsp3) is 0.111. The number of nitro benzene ring substituents is 1. The molecule has 74 valence electrons. The van der Waals surface area contributed by atoms with Crippen molar-refractivity contribution in [2.75, 3.05) is 11.9 Å². The molecule has 0 heterocycles. The van der Waals surface area contributed by atoms with E-state index in [1.807, 2.05) is 0 Å². The van der Waals surface area contributed by atoms with Crippen LogP contribution in [-0.2, 0) is 0 Å². The molecule has 0 bridgehead atoms. The van der Waals surface area contributed by atoms with Crippen LogP contribution in [0.25, 0.3) is 0 Å². The van der Waals surface area contributed by atoms with Gasteiger partial charge in [-0.05, 0) is 6.07 Å². The van der Waals surface area contributed by atoms with E-state index in [9.17, 15) is 10.1 Å². The standard InChI is InChI=1S/C9H9ClN2O2/c1-7(10)6-11-8-4-2-3-5-9(8)12(13)14/h2-5,11H,1,6H2. The Labute approximate surface area is 86.3 Å². The number of anilines is 1. The molecule has 1 aromatic rings. The average molecular weight is 213 g/mol. The van der Waals surface area contributed by atoms with Gasteiger partial charge in [0.05, 0.1) is 11.5 Å². The van der Waals surface area contributed by atoms with Gasteiger partial charge in [0.25, 0.3) is 5.69 Å². The highest BCUT2D eigenvalue weighted by atomic mass is 35.5. The molecule has 0 amide bonds. The predicted molar refractivity (Wildman–Crippen MR) is 56.6 cm³/mol. The Balaban J connectivity index is 2.84. The van der Waals surface area contributed by atoms with E-state index in [4.69, 9.17) is 11.6 Å². The van der Waals surface area contributed by atoms with Gasteiger partial charge in [-0.15, -0.1) is 0 Å². The van der Waals surface area contributed by atoms with Crippen LogP contribution in [0, 0.1) is 10.1 Å². The summed E-state index contributed by atoms with van der Waals surface area (Å²) in [4.78, 5) is 10.1. The maximum atomic E-state index is 10.6. The summed E-state index contributed by atoms with van der Waals surface area (Å²) in [6.45, 7) is 3.79. The minimum absolute atomic E-state index is 0.0328. The molecule has 1 aromatic carbocycles. The topological polar surface area (TPSA) is 55.2 Å². The van der Waals surface area contributed by atoms with Gasteiger partial charge in [-0.1, -0.05) is 30.3 Å². The summed E-state index contributed by atoms with van der Waals surface area (Å²) in [5.74, 6) is 0. The SMILES string of the molecule is C=C(Cl)CNc1ccccc1[N+](=O)[O-]. The zero-order valence-electron chi connectivity index (χ0n) is 7.37. The number of nitrogens with zero attached hydrogens (tertiary/aromatic N) is 1. The molecule has 0 unspecified atom stereocenters. The molecule has 0 spiro atoms. The van der Waals surface area contributed by atoms with Gasteiger partial charge in [-0.2, -0.15) is 0 Å². The lowest BCUT2D eigenvalue weighted by Gasteiger charge is -2.04. The predicted octanol–water partition coefficient (Wildman–Crippen LogP) is 2.76. The molecule has 0 aliphatic heterocycles. The second-order valence-electron chi connectivity index (χ2n) is 2.65. The highest BCUT2D eigenvalue weighted by Gasteiger charge is 2.11. The number of benzene rings is 1. The summed E-state index contributed by atoms with van der Waals surface area (Å²) < 4.78 is 0. The number of nitrogens with one attached hydrogen (secondary N) is 1. The first-order valence-corrected chi connectivity index (χ1v) is 4.29. The van der Waals surface area contributed by atoms with E-state index >= 15 is 0 Å². The number of hydrogen-bond acceptors (Lipinski definition) is 3. The number of rotatable bonds is 4. The van der Waals surface area contributed by atoms with Crippen molar-refractivity contribution in [2.24, 2.45) is 0 Å². The minimum Gasteiger partial charge on any atom is -0.375 e. The third-order valence-corrected chi connectivity index (χ3v) is 1.71. The maximum absolute atomic E-state index is 10.6. The van der Waals surface area contributed by atoms with Crippen molar-refractivity contribution in [3.05, 3.63) is 46.0 Å². The lowest BCUT2D eigenvalue weighted by atomic mass is 10.2. The molecule has 4 nitrogen and oxygen atoms in total. The van der Waals surface area contributed by atoms with Gasteiger partial charge in [-0.3, -0.25) is 10.1 Å². The van der Waals surface area contributed by atoms with E-state index < -0.39 is 4.92 Å². The van der Waals surface area contributed by atoms with E-state index in [0.717, 1.165) is 0 Å². The Bertz CT molecular complexity index is 366. The molecular formula is C9H9ClN2O2. The Morgan fingerprint density at radius 2 is 2.21 bits per heavy atom. The lowest BCUT2D eigenvalue weighted by Crippen LogP contribution is -2.03. The van der Waals surface area contributed by atoms with E-state index in [0.29, 0.717) is 17.3 Å². The van der Waals surface area contributed by atoms with Crippen molar-refractivity contribution >= 4 is 23.0 Å². The Morgan fingerprint density at radius 1 is 1.57 bits per heavy atom. The molecule has 0 saturated carbocycles. The van der Waals surface area contributed by atoms with Gasteiger partial charge in [0.2, 0.25) is 0 Å². The van der Waals surface area contributed by atoms with Crippen molar-refractivity contribution in [2.45, 2.75) is 0 Å². The van der Waals surface area contributed by atoms with Crippen LogP contribution in [0.4, 0.5) is 11.4 Å². The normalized spacial score (nSPS) is 9.50. The van der Waals surface area contributed by atoms with Gasteiger partial charge in [-0.25, -0.2) is 0 Å². The molecule has 0 aliphatic carbocycles. The second kappa shape index (κ2) is 4.62. The van der Waals surface area contributed by atoms with Crippen LogP contribution in [0.1, 0.15) is 0 Å². The van der Waals surface area contributed by atoms with Crippen LogP contribution < -0.4 is 5.32 Å². The van der Waals surface area contributed by atoms with Crippen molar-refractivity contribution in [1.29, 1.82) is 0 Å². The number of hydrogen-bond donors (Lipinski definition) is 1. The summed E-state index contributed by atoms with van der Waals surface area (Å²) in [7, 11) is 0. The van der Waals surface area contributed by atoms with Crippen molar-refractivity contribution in [1.82, 2.24) is 0 Å². The largest absolute Gasteiger partial charge is 0.375 e. The molecule has 14 heavy (non-hydrogen) atoms. The fourth-order valence-electron chi connectivity index (χ4n) is 0.973. The lowest BCUT2D eigenvalue weighted by molar-refractivity contribution is -0.383. The van der Waals surface area contributed by atoms with Crippen LogP contribution in [0.15, 0.2) is 35.9 Å². The quantitative estimate of drug-likeness (QED) is 0.617. The number of halogens is 1. The third kappa shape index (κ3) is 2.74. The fourth-order valence-corrected chi connectivity index (χ4v) is 1.04. The maximum Gasteiger partial charge on any atom is 0.292 e. The van der Waals surface area contributed by atoms with Crippen molar-refractivity contribution < 1.29 is 4.92 Å². The summed E-state index contributed by atoms with van der Waals surface area (Å²) in [6, 6.07) is 6.38. The number of nitro groups is 1. The molecule has 0 fully saturated rings. The average Bonchev–Trinajstić information content (AvgIpc) is 2.15. The summed E-state index contributed by atoms with van der Waals surface area (Å²) in [5, 5.41) is 13.8. The van der Waals surface area contributed by atoms with Crippen molar-refractivity contribution in [3.8, 4) is 0 Å². The zero-order valence-corrected chi connectivity index (χ0v) is 8.12. The molecule has 0 aliphatic rings. The van der Waals surface area contributed by atoms with Gasteiger partial charge in [0, 0.05) is 11.1 Å². The van der Waals surface area contributed by atoms with Crippen molar-refractivity contribution in [3.63, 3.8) is 0 Å². The minimum atomic E-state index is -0.445. The zero-order chi connectivity index (χ0) is 10.6. The van der Waals surface area contributed by atoms with Crippen LogP contribution in [0.2, 0.25) is 0 Å². The third-order valence-electron chi connectivity index (χ3n) is 1.57. The Hall–Kier alpha value is -1.55. The van der Waals surface area contributed by atoms with Crippen LogP contribution in [0.3, 0.4) is 0 Å². The van der Waals surface area contributed by atoms with E-state index in [2.05, 4.69) is 11.9 Å². The van der Waals surface area contributed by atoms with Gasteiger partial charge in [0.1, 0.15) is 5.69 Å².